The van der Waals surface area contributed by atoms with E-state index in [0.717, 1.165) is 23.8 Å². The van der Waals surface area contributed by atoms with E-state index >= 15 is 0 Å². The summed E-state index contributed by atoms with van der Waals surface area (Å²) >= 11 is 0. The van der Waals surface area contributed by atoms with E-state index in [2.05, 4.69) is 14.2 Å². The lowest BCUT2D eigenvalue weighted by Gasteiger charge is -2.46. The molecule has 23 heteroatoms. The molecule has 2 aromatic rings. The van der Waals surface area contributed by atoms with Crippen molar-refractivity contribution >= 4 is 33.7 Å². The quantitative estimate of drug-likeness (QED) is 0.0988. The van der Waals surface area contributed by atoms with Crippen LogP contribution >= 0.6 is 15.6 Å². The van der Waals surface area contributed by atoms with Crippen molar-refractivity contribution in [1.82, 2.24) is 14.9 Å². The number of aliphatic hydroxyl groups excluding tert-OH is 2. The molecule has 21 nitrogen and oxygen atoms in total. The van der Waals surface area contributed by atoms with Gasteiger partial charge in [0.25, 0.3) is 5.56 Å². The summed E-state index contributed by atoms with van der Waals surface area (Å²) in [4.78, 5) is 82.6. The molecule has 49 heavy (non-hydrogen) atoms. The average Bonchev–Trinajstić information content (AvgIpc) is 3.26. The van der Waals surface area contributed by atoms with Crippen LogP contribution in [0.3, 0.4) is 0 Å². The van der Waals surface area contributed by atoms with Crippen molar-refractivity contribution in [3.8, 4) is 0 Å². The second kappa shape index (κ2) is 15.1. The second-order valence-corrected chi connectivity index (χ2v) is 14.1. The maximum Gasteiger partial charge on any atom is 0.483 e. The Kier molecular flexibility index (Phi) is 11.8. The van der Waals surface area contributed by atoms with E-state index in [1.54, 1.807) is 6.07 Å². The van der Waals surface area contributed by atoms with Crippen LogP contribution in [0.15, 0.2) is 52.2 Å². The Balaban J connectivity index is 1.39. The number of nitrogens with zero attached hydrogens (tertiary/aromatic N) is 1. The zero-order valence-corrected chi connectivity index (χ0v) is 27.6. The standard InChI is InChI=1S/C26H33N3O18P2/c1-13-21(43-14(2)30)26(3,28-25(36)45-23(34)15-7-5-4-6-8-15)11-18(42-13)46-49(39,40)47-48(37,38)41-12-16-19(32)20(33)22(44-16)29-10-9-17(31)27-24(29)35/h4-10,13,16,18-22,32-33H,11-12H2,1-3H3,(H,28,36)(H,37,38)(H,39,40)(H,27,31,35)/t13-,16+,18+,19+,20+,21-,22+,26-/m0/s1. The summed E-state index contributed by atoms with van der Waals surface area (Å²) < 4.78 is 61.0. The monoisotopic (exact) mass is 737 g/mol. The number of aromatic nitrogens is 2. The van der Waals surface area contributed by atoms with Crippen LogP contribution in [0.2, 0.25) is 0 Å². The Labute approximate surface area is 275 Å². The number of aromatic amines is 1. The first-order valence-corrected chi connectivity index (χ1v) is 17.2. The predicted octanol–water partition coefficient (Wildman–Crippen LogP) is -0.202. The number of phosphoric ester groups is 2. The maximum atomic E-state index is 12.8. The number of amides is 1. The molecule has 0 radical (unpaired) electrons. The summed E-state index contributed by atoms with van der Waals surface area (Å²) in [7, 11) is -11.1. The van der Waals surface area contributed by atoms with Gasteiger partial charge in [0.1, 0.15) is 18.3 Å². The van der Waals surface area contributed by atoms with Crippen LogP contribution in [0, 0.1) is 0 Å². The van der Waals surface area contributed by atoms with Crippen LogP contribution in [-0.2, 0) is 46.2 Å². The molecule has 1 aromatic heterocycles. The van der Waals surface area contributed by atoms with Gasteiger partial charge in [-0.15, -0.1) is 0 Å². The summed E-state index contributed by atoms with van der Waals surface area (Å²) in [6.45, 7) is 2.72. The SMILES string of the molecule is CC(=O)O[C@H]1[C@H](C)O[C@H](OP(=O)(O)OP(=O)(O)OC[C@H]2O[C@@H](n3ccc(=O)[nH]c3=O)[C@H](O)[C@@H]2O)C[C@]1(C)NC(=O)OC(=O)c1ccccc1. The Morgan fingerprint density at radius 3 is 2.37 bits per heavy atom. The number of phosphoric acid groups is 2. The number of esters is 2. The molecule has 0 saturated carbocycles. The topological polar surface area (TPSA) is 298 Å². The smallest absolute Gasteiger partial charge is 0.457 e. The van der Waals surface area contributed by atoms with Gasteiger partial charge in [0.05, 0.1) is 23.8 Å². The third-order valence-corrected chi connectivity index (χ3v) is 9.84. The number of hydrogen-bond acceptors (Lipinski definition) is 16. The van der Waals surface area contributed by atoms with Crippen LogP contribution in [0.1, 0.15) is 43.8 Å². The summed E-state index contributed by atoms with van der Waals surface area (Å²) in [6, 6.07) is 8.42. The fourth-order valence-corrected chi connectivity index (χ4v) is 7.26. The fraction of sp³-hybridized carbons (Fsp3) is 0.500. The van der Waals surface area contributed by atoms with Gasteiger partial charge < -0.3 is 44.3 Å². The number of alkyl carbamates (subject to hydrolysis) is 1. The first kappa shape index (κ1) is 38.2. The van der Waals surface area contributed by atoms with Gasteiger partial charge >= 0.3 is 39.4 Å². The maximum absolute atomic E-state index is 12.8. The van der Waals surface area contributed by atoms with Gasteiger partial charge in [0.2, 0.25) is 0 Å². The molecule has 3 heterocycles. The molecule has 2 fully saturated rings. The minimum Gasteiger partial charge on any atom is -0.457 e. The van der Waals surface area contributed by atoms with Crippen molar-refractivity contribution in [1.29, 1.82) is 0 Å². The molecule has 2 unspecified atom stereocenters. The van der Waals surface area contributed by atoms with Crippen molar-refractivity contribution in [3.63, 3.8) is 0 Å². The third kappa shape index (κ3) is 9.77. The first-order valence-electron chi connectivity index (χ1n) is 14.2. The number of nitrogens with one attached hydrogen (secondary N) is 2. The minimum atomic E-state index is -5.57. The number of rotatable bonds is 11. The molecule has 1 amide bonds. The van der Waals surface area contributed by atoms with Crippen molar-refractivity contribution in [3.05, 3.63) is 69.0 Å². The Hall–Kier alpha value is -3.59. The normalized spacial score (nSPS) is 30.8. The van der Waals surface area contributed by atoms with Crippen molar-refractivity contribution in [2.24, 2.45) is 0 Å². The number of ether oxygens (including phenoxy) is 4. The number of carbonyl (C=O) groups excluding carboxylic acids is 3. The van der Waals surface area contributed by atoms with Crippen LogP contribution in [0.5, 0.6) is 0 Å². The Morgan fingerprint density at radius 2 is 1.73 bits per heavy atom. The Bertz CT molecular complexity index is 1750. The summed E-state index contributed by atoms with van der Waals surface area (Å²) in [5, 5.41) is 23.0. The lowest BCUT2D eigenvalue weighted by molar-refractivity contribution is -0.224. The highest BCUT2D eigenvalue weighted by atomic mass is 31.3. The lowest BCUT2D eigenvalue weighted by atomic mass is 9.85. The van der Waals surface area contributed by atoms with Crippen molar-refractivity contribution in [2.75, 3.05) is 6.61 Å². The molecule has 6 N–H and O–H groups in total. The van der Waals surface area contributed by atoms with E-state index < -0.39 is 107 Å². The van der Waals surface area contributed by atoms with Crippen LogP contribution in [0.25, 0.3) is 0 Å². The number of H-pyrrole nitrogens is 1. The highest BCUT2D eigenvalue weighted by Crippen LogP contribution is 2.61. The summed E-state index contributed by atoms with van der Waals surface area (Å²) in [6.07, 6.45) is -11.8. The average molecular weight is 738 g/mol. The van der Waals surface area contributed by atoms with Crippen LogP contribution in [0.4, 0.5) is 4.79 Å². The van der Waals surface area contributed by atoms with E-state index in [1.165, 1.54) is 38.1 Å². The largest absolute Gasteiger partial charge is 0.483 e. The molecule has 2 aliphatic heterocycles. The van der Waals surface area contributed by atoms with E-state index in [1.807, 2.05) is 4.98 Å². The van der Waals surface area contributed by atoms with Gasteiger partial charge in [0, 0.05) is 25.6 Å². The molecular weight excluding hydrogens is 704 g/mol. The van der Waals surface area contributed by atoms with E-state index in [9.17, 15) is 53.1 Å². The predicted molar refractivity (Wildman–Crippen MR) is 158 cm³/mol. The first-order chi connectivity index (χ1) is 22.8. The molecule has 1 aromatic carbocycles. The van der Waals surface area contributed by atoms with E-state index in [4.69, 9.17) is 23.5 Å². The van der Waals surface area contributed by atoms with Crippen LogP contribution < -0.4 is 16.6 Å². The zero-order chi connectivity index (χ0) is 36.3. The molecule has 0 spiro atoms. The minimum absolute atomic E-state index is 0.0455. The zero-order valence-electron chi connectivity index (χ0n) is 25.8. The molecule has 4 rings (SSSR count). The van der Waals surface area contributed by atoms with Gasteiger partial charge in [-0.25, -0.2) is 23.5 Å². The third-order valence-electron chi connectivity index (χ3n) is 7.21. The van der Waals surface area contributed by atoms with E-state index in [-0.39, 0.29) is 5.56 Å². The van der Waals surface area contributed by atoms with Crippen molar-refractivity contribution < 1.29 is 75.8 Å². The summed E-state index contributed by atoms with van der Waals surface area (Å²) in [5.41, 5.74) is -3.40. The highest BCUT2D eigenvalue weighted by molar-refractivity contribution is 7.61. The molecular formula is C26H33N3O18P2. The lowest BCUT2D eigenvalue weighted by Crippen LogP contribution is -2.65. The number of benzene rings is 1. The summed E-state index contributed by atoms with van der Waals surface area (Å²) in [5.74, 6) is -1.81. The number of hydrogen-bond donors (Lipinski definition) is 6. The highest BCUT2D eigenvalue weighted by Gasteiger charge is 2.52. The number of aliphatic hydroxyl groups is 2. The van der Waals surface area contributed by atoms with Crippen molar-refractivity contribution in [2.45, 2.75) is 75.8 Å². The van der Waals surface area contributed by atoms with Gasteiger partial charge in [-0.1, -0.05) is 18.2 Å². The van der Waals surface area contributed by atoms with Gasteiger partial charge in [-0.3, -0.25) is 28.2 Å². The van der Waals surface area contributed by atoms with Gasteiger partial charge in [0.15, 0.2) is 18.6 Å². The second-order valence-electron chi connectivity index (χ2n) is 11.1. The van der Waals surface area contributed by atoms with Gasteiger partial charge in [-0.05, 0) is 26.0 Å². The number of carbonyl (C=O) groups is 3. The Morgan fingerprint density at radius 1 is 1.06 bits per heavy atom. The van der Waals surface area contributed by atoms with Crippen LogP contribution in [-0.4, -0.2) is 96.5 Å². The molecule has 0 aliphatic carbocycles. The molecule has 2 saturated heterocycles. The molecule has 0 bridgehead atoms. The molecule has 2 aliphatic rings. The molecule has 270 valence electrons. The molecule has 10 atom stereocenters. The fourth-order valence-electron chi connectivity index (χ4n) is 5.12. The van der Waals surface area contributed by atoms with Gasteiger partial charge in [-0.2, -0.15) is 4.31 Å². The van der Waals surface area contributed by atoms with E-state index in [0.29, 0.717) is 0 Å².